The number of benzene rings is 1. The summed E-state index contributed by atoms with van der Waals surface area (Å²) >= 11 is 0. The van der Waals surface area contributed by atoms with E-state index in [1.807, 2.05) is 0 Å². The van der Waals surface area contributed by atoms with Gasteiger partial charge in [0, 0.05) is 6.54 Å². The van der Waals surface area contributed by atoms with Crippen molar-refractivity contribution in [1.82, 2.24) is 0 Å². The molecular weight excluding hydrogens is 254 g/mol. The SMILES string of the molecule is CCN(C(=O)OCC(F)(F)F)c1ccccc1F. The molecule has 0 spiro atoms. The van der Waals surface area contributed by atoms with Gasteiger partial charge in [-0.1, -0.05) is 12.1 Å². The van der Waals surface area contributed by atoms with Crippen LogP contribution in [0.5, 0.6) is 0 Å². The molecule has 0 bridgehead atoms. The number of alkyl halides is 3. The average Bonchev–Trinajstić information content (AvgIpc) is 2.29. The highest BCUT2D eigenvalue weighted by Gasteiger charge is 2.31. The van der Waals surface area contributed by atoms with Crippen LogP contribution in [0, 0.1) is 5.82 Å². The van der Waals surface area contributed by atoms with Crippen LogP contribution in [-0.2, 0) is 4.74 Å². The van der Waals surface area contributed by atoms with Crippen LogP contribution >= 0.6 is 0 Å². The number of carbonyl (C=O) groups is 1. The number of carbonyl (C=O) groups excluding carboxylic acids is 1. The molecule has 0 N–H and O–H groups in total. The van der Waals surface area contributed by atoms with Gasteiger partial charge in [-0.2, -0.15) is 13.2 Å². The number of rotatable bonds is 3. The molecule has 0 aliphatic carbocycles. The Kier molecular flexibility index (Phi) is 4.52. The first-order valence-corrected chi connectivity index (χ1v) is 5.10. The molecule has 1 rings (SSSR count). The summed E-state index contributed by atoms with van der Waals surface area (Å²) in [5.74, 6) is -0.705. The molecule has 100 valence electrons. The molecule has 0 fully saturated rings. The van der Waals surface area contributed by atoms with Gasteiger partial charge in [0.2, 0.25) is 0 Å². The van der Waals surface area contributed by atoms with E-state index in [0.717, 1.165) is 11.0 Å². The Morgan fingerprint density at radius 3 is 2.44 bits per heavy atom. The highest BCUT2D eigenvalue weighted by Crippen LogP contribution is 2.20. The fraction of sp³-hybridized carbons (Fsp3) is 0.364. The van der Waals surface area contributed by atoms with E-state index in [1.54, 1.807) is 0 Å². The molecule has 0 atom stereocenters. The fourth-order valence-corrected chi connectivity index (χ4v) is 1.29. The zero-order chi connectivity index (χ0) is 13.8. The maximum absolute atomic E-state index is 13.4. The smallest absolute Gasteiger partial charge is 0.422 e. The third-order valence-corrected chi connectivity index (χ3v) is 2.04. The average molecular weight is 265 g/mol. The summed E-state index contributed by atoms with van der Waals surface area (Å²) in [7, 11) is 0. The van der Waals surface area contributed by atoms with Gasteiger partial charge in [-0.3, -0.25) is 4.90 Å². The number of amides is 1. The molecule has 0 aliphatic rings. The van der Waals surface area contributed by atoms with Gasteiger partial charge in [0.05, 0.1) is 5.69 Å². The first-order chi connectivity index (χ1) is 8.35. The number of ether oxygens (including phenoxy) is 1. The Hall–Kier alpha value is -1.79. The summed E-state index contributed by atoms with van der Waals surface area (Å²) in [5, 5.41) is 0. The van der Waals surface area contributed by atoms with Crippen molar-refractivity contribution in [3.8, 4) is 0 Å². The van der Waals surface area contributed by atoms with Gasteiger partial charge >= 0.3 is 12.3 Å². The number of para-hydroxylation sites is 1. The van der Waals surface area contributed by atoms with Crippen LogP contribution in [-0.4, -0.2) is 25.4 Å². The van der Waals surface area contributed by atoms with Crippen LogP contribution in [0.2, 0.25) is 0 Å². The third kappa shape index (κ3) is 3.90. The standard InChI is InChI=1S/C11H11F4NO2/c1-2-16(9-6-4-3-5-8(9)12)10(17)18-7-11(13,14)15/h3-6H,2,7H2,1H3. The van der Waals surface area contributed by atoms with Crippen LogP contribution < -0.4 is 4.90 Å². The monoisotopic (exact) mass is 265 g/mol. The minimum Gasteiger partial charge on any atom is -0.439 e. The highest BCUT2D eigenvalue weighted by atomic mass is 19.4. The van der Waals surface area contributed by atoms with Gasteiger partial charge < -0.3 is 4.74 Å². The summed E-state index contributed by atoms with van der Waals surface area (Å²) in [6.07, 6.45) is -5.84. The van der Waals surface area contributed by atoms with Crippen molar-refractivity contribution < 1.29 is 27.1 Å². The van der Waals surface area contributed by atoms with Crippen molar-refractivity contribution in [1.29, 1.82) is 0 Å². The number of anilines is 1. The van der Waals surface area contributed by atoms with E-state index in [4.69, 9.17) is 0 Å². The molecule has 1 aromatic carbocycles. The van der Waals surface area contributed by atoms with E-state index in [1.165, 1.54) is 25.1 Å². The zero-order valence-corrected chi connectivity index (χ0v) is 9.50. The Balaban J connectivity index is 2.78. The molecule has 0 aliphatic heterocycles. The first kappa shape index (κ1) is 14.3. The van der Waals surface area contributed by atoms with Gasteiger partial charge in [-0.15, -0.1) is 0 Å². The van der Waals surface area contributed by atoms with E-state index in [-0.39, 0.29) is 12.2 Å². The van der Waals surface area contributed by atoms with Gasteiger partial charge in [0.1, 0.15) is 5.82 Å². The lowest BCUT2D eigenvalue weighted by Crippen LogP contribution is -2.34. The Morgan fingerprint density at radius 1 is 1.33 bits per heavy atom. The second kappa shape index (κ2) is 5.70. The van der Waals surface area contributed by atoms with E-state index in [9.17, 15) is 22.4 Å². The van der Waals surface area contributed by atoms with Crippen molar-refractivity contribution in [3.63, 3.8) is 0 Å². The molecule has 7 heteroatoms. The van der Waals surface area contributed by atoms with Crippen molar-refractivity contribution >= 4 is 11.8 Å². The van der Waals surface area contributed by atoms with Crippen molar-refractivity contribution in [2.24, 2.45) is 0 Å². The number of hydrogen-bond acceptors (Lipinski definition) is 2. The fourth-order valence-electron chi connectivity index (χ4n) is 1.29. The van der Waals surface area contributed by atoms with Crippen molar-refractivity contribution in [2.45, 2.75) is 13.1 Å². The van der Waals surface area contributed by atoms with Gasteiger partial charge in [-0.25, -0.2) is 9.18 Å². The molecule has 0 aromatic heterocycles. The quantitative estimate of drug-likeness (QED) is 0.784. The van der Waals surface area contributed by atoms with E-state index in [2.05, 4.69) is 4.74 Å². The van der Waals surface area contributed by atoms with Crippen LogP contribution in [0.15, 0.2) is 24.3 Å². The van der Waals surface area contributed by atoms with Gasteiger partial charge in [-0.05, 0) is 19.1 Å². The number of nitrogens with zero attached hydrogens (tertiary/aromatic N) is 1. The lowest BCUT2D eigenvalue weighted by atomic mass is 10.3. The molecule has 3 nitrogen and oxygen atoms in total. The van der Waals surface area contributed by atoms with Gasteiger partial charge in [0.25, 0.3) is 0 Å². The Bertz CT molecular complexity index is 420. The summed E-state index contributed by atoms with van der Waals surface area (Å²) in [5.41, 5.74) is -0.118. The lowest BCUT2D eigenvalue weighted by molar-refractivity contribution is -0.159. The predicted octanol–water partition coefficient (Wildman–Crippen LogP) is 3.35. The van der Waals surface area contributed by atoms with E-state index < -0.39 is 24.7 Å². The van der Waals surface area contributed by atoms with E-state index >= 15 is 0 Å². The van der Waals surface area contributed by atoms with Crippen molar-refractivity contribution in [2.75, 3.05) is 18.1 Å². The molecule has 1 amide bonds. The second-order valence-corrected chi connectivity index (χ2v) is 3.37. The summed E-state index contributed by atoms with van der Waals surface area (Å²) in [4.78, 5) is 12.2. The normalized spacial score (nSPS) is 11.2. The van der Waals surface area contributed by atoms with Crippen LogP contribution in [0.4, 0.5) is 28.0 Å². The molecule has 0 heterocycles. The predicted molar refractivity (Wildman–Crippen MR) is 56.8 cm³/mol. The summed E-state index contributed by atoms with van der Waals surface area (Å²) in [6.45, 7) is -0.199. The Labute approximate surface area is 101 Å². The maximum Gasteiger partial charge on any atom is 0.422 e. The third-order valence-electron chi connectivity index (χ3n) is 2.04. The number of hydrogen-bond donors (Lipinski definition) is 0. The lowest BCUT2D eigenvalue weighted by Gasteiger charge is -2.21. The van der Waals surface area contributed by atoms with Crippen LogP contribution in [0.1, 0.15) is 6.92 Å². The molecule has 18 heavy (non-hydrogen) atoms. The largest absolute Gasteiger partial charge is 0.439 e. The minimum atomic E-state index is -4.61. The Morgan fingerprint density at radius 2 is 1.94 bits per heavy atom. The summed E-state index contributed by atoms with van der Waals surface area (Å²) in [6, 6.07) is 5.27. The highest BCUT2D eigenvalue weighted by molar-refractivity contribution is 5.87. The topological polar surface area (TPSA) is 29.5 Å². The van der Waals surface area contributed by atoms with Crippen LogP contribution in [0.25, 0.3) is 0 Å². The maximum atomic E-state index is 13.4. The second-order valence-electron chi connectivity index (χ2n) is 3.37. The minimum absolute atomic E-state index is 0.00236. The van der Waals surface area contributed by atoms with Crippen LogP contribution in [0.3, 0.4) is 0 Å². The zero-order valence-electron chi connectivity index (χ0n) is 9.50. The molecule has 0 radical (unpaired) electrons. The molecule has 0 saturated carbocycles. The van der Waals surface area contributed by atoms with Gasteiger partial charge in [0.15, 0.2) is 6.61 Å². The summed E-state index contributed by atoms with van der Waals surface area (Å²) < 4.78 is 53.1. The first-order valence-electron chi connectivity index (χ1n) is 5.10. The molecule has 0 saturated heterocycles. The molecular formula is C11H11F4NO2. The van der Waals surface area contributed by atoms with E-state index in [0.29, 0.717) is 0 Å². The molecule has 0 unspecified atom stereocenters. The number of halogens is 4. The van der Waals surface area contributed by atoms with Crippen molar-refractivity contribution in [3.05, 3.63) is 30.1 Å². The molecule has 1 aromatic rings.